The van der Waals surface area contributed by atoms with Gasteiger partial charge in [0.05, 0.1) is 21.5 Å². The van der Waals surface area contributed by atoms with Crippen LogP contribution in [0.3, 0.4) is 0 Å². The Kier molecular flexibility index (Phi) is 5.10. The molecular formula is C19H25BrN6O. The van der Waals surface area contributed by atoms with Crippen LogP contribution in [0.15, 0.2) is 16.6 Å². The lowest BCUT2D eigenvalue weighted by molar-refractivity contribution is 0.323. The molecule has 0 atom stereocenters. The minimum atomic E-state index is 0.259. The highest BCUT2D eigenvalue weighted by Crippen LogP contribution is 2.45. The van der Waals surface area contributed by atoms with Crippen LogP contribution in [-0.4, -0.2) is 28.5 Å². The summed E-state index contributed by atoms with van der Waals surface area (Å²) in [5.74, 6) is 1.07. The number of ether oxygens (including phenoxy) is 1. The topological polar surface area (TPSA) is 69.3 Å². The van der Waals surface area contributed by atoms with Gasteiger partial charge in [-0.15, -0.1) is 5.12 Å². The minimum Gasteiger partial charge on any atom is -0.437 e. The van der Waals surface area contributed by atoms with Crippen molar-refractivity contribution in [2.45, 2.75) is 34.1 Å². The summed E-state index contributed by atoms with van der Waals surface area (Å²) in [5, 5.41) is 17.9. The van der Waals surface area contributed by atoms with Crippen LogP contribution in [0, 0.1) is 23.7 Å². The van der Waals surface area contributed by atoms with Crippen molar-refractivity contribution in [1.29, 1.82) is 5.26 Å². The first-order valence-corrected chi connectivity index (χ1v) is 9.63. The van der Waals surface area contributed by atoms with E-state index in [1.807, 2.05) is 24.3 Å². The Hall–Kier alpha value is -2.24. The van der Waals surface area contributed by atoms with Crippen LogP contribution in [-0.2, 0) is 7.05 Å². The molecule has 0 aliphatic carbocycles. The molecule has 0 bridgehead atoms. The fourth-order valence-electron chi connectivity index (χ4n) is 3.03. The average Bonchev–Trinajstić information content (AvgIpc) is 3.03. The van der Waals surface area contributed by atoms with Gasteiger partial charge in [-0.05, 0) is 46.8 Å². The lowest BCUT2D eigenvalue weighted by Gasteiger charge is -2.29. The summed E-state index contributed by atoms with van der Waals surface area (Å²) >= 11 is 3.66. The Labute approximate surface area is 168 Å². The molecule has 0 spiro atoms. The van der Waals surface area contributed by atoms with Crippen molar-refractivity contribution in [2.24, 2.45) is 12.5 Å². The number of nitriles is 1. The maximum Gasteiger partial charge on any atom is 0.235 e. The van der Waals surface area contributed by atoms with E-state index in [4.69, 9.17) is 4.74 Å². The lowest BCUT2D eigenvalue weighted by atomic mass is 9.92. The molecule has 0 unspecified atom stereocenters. The number of nitrogens with one attached hydrogen (secondary N) is 1. The Bertz CT molecular complexity index is 908. The van der Waals surface area contributed by atoms with E-state index in [1.54, 1.807) is 18.7 Å². The molecule has 8 heteroatoms. The monoisotopic (exact) mass is 432 g/mol. The molecule has 1 N–H and O–H groups in total. The van der Waals surface area contributed by atoms with Crippen LogP contribution in [0.5, 0.6) is 11.6 Å². The zero-order valence-corrected chi connectivity index (χ0v) is 18.2. The highest BCUT2D eigenvalue weighted by Gasteiger charge is 2.29. The molecule has 0 saturated heterocycles. The van der Waals surface area contributed by atoms with E-state index >= 15 is 0 Å². The molecular weight excluding hydrogens is 408 g/mol. The summed E-state index contributed by atoms with van der Waals surface area (Å²) in [6.45, 7) is 9.44. The number of halogens is 1. The molecule has 0 fully saturated rings. The van der Waals surface area contributed by atoms with Gasteiger partial charge in [-0.2, -0.15) is 10.4 Å². The summed E-state index contributed by atoms with van der Waals surface area (Å²) in [5.41, 5.74) is 6.76. The Balaban J connectivity index is 1.91. The van der Waals surface area contributed by atoms with E-state index in [2.05, 4.69) is 58.3 Å². The predicted molar refractivity (Wildman–Crippen MR) is 110 cm³/mol. The number of hydrazine groups is 2. The fraction of sp³-hybridized carbons (Fsp3) is 0.474. The van der Waals surface area contributed by atoms with E-state index < -0.39 is 0 Å². The highest BCUT2D eigenvalue weighted by molar-refractivity contribution is 9.10. The first-order chi connectivity index (χ1) is 12.6. The van der Waals surface area contributed by atoms with Crippen LogP contribution in [0.2, 0.25) is 0 Å². The number of aryl methyl sites for hydroxylation is 2. The van der Waals surface area contributed by atoms with E-state index in [0.717, 1.165) is 28.8 Å². The van der Waals surface area contributed by atoms with E-state index in [1.165, 1.54) is 0 Å². The molecule has 0 saturated carbocycles. The molecule has 0 radical (unpaired) electrons. The summed E-state index contributed by atoms with van der Waals surface area (Å²) in [6.07, 6.45) is 1.06. The molecule has 1 aliphatic rings. The second-order valence-corrected chi connectivity index (χ2v) is 8.74. The first kappa shape index (κ1) is 19.5. The molecule has 1 aromatic heterocycles. The number of aromatic nitrogens is 2. The SMILES string of the molecule is Cc1nn(C)c(Oc2ccc3c(c2Br)NN(C)N3CCC(C)(C)C)c1C#N. The highest BCUT2D eigenvalue weighted by atomic mass is 79.9. The number of hydrogen-bond acceptors (Lipinski definition) is 6. The van der Waals surface area contributed by atoms with Crippen LogP contribution >= 0.6 is 15.9 Å². The third-order valence-electron chi connectivity index (χ3n) is 4.56. The van der Waals surface area contributed by atoms with Gasteiger partial charge in [0.25, 0.3) is 0 Å². The third kappa shape index (κ3) is 3.75. The Morgan fingerprint density at radius 1 is 1.30 bits per heavy atom. The van der Waals surface area contributed by atoms with Gasteiger partial charge < -0.3 is 4.74 Å². The predicted octanol–water partition coefficient (Wildman–Crippen LogP) is 4.58. The Morgan fingerprint density at radius 3 is 2.63 bits per heavy atom. The van der Waals surface area contributed by atoms with Crippen LogP contribution in [0.25, 0.3) is 0 Å². The molecule has 0 amide bonds. The smallest absolute Gasteiger partial charge is 0.235 e. The zero-order valence-electron chi connectivity index (χ0n) is 16.6. The number of nitrogens with zero attached hydrogens (tertiary/aromatic N) is 5. The summed E-state index contributed by atoms with van der Waals surface area (Å²) in [4.78, 5) is 0. The number of rotatable bonds is 4. The summed E-state index contributed by atoms with van der Waals surface area (Å²) in [7, 11) is 3.76. The number of benzene rings is 1. The number of fused-ring (bicyclic) bond motifs is 1. The van der Waals surface area contributed by atoms with Gasteiger partial charge in [0.15, 0.2) is 0 Å². The summed E-state index contributed by atoms with van der Waals surface area (Å²) < 4.78 is 8.45. The molecule has 2 heterocycles. The molecule has 1 aromatic carbocycles. The molecule has 3 rings (SSSR count). The lowest BCUT2D eigenvalue weighted by Crippen LogP contribution is -2.39. The van der Waals surface area contributed by atoms with Crippen LogP contribution in [0.4, 0.5) is 11.4 Å². The minimum absolute atomic E-state index is 0.259. The van der Waals surface area contributed by atoms with Crippen LogP contribution in [0.1, 0.15) is 38.4 Å². The zero-order chi connectivity index (χ0) is 19.9. The molecule has 7 nitrogen and oxygen atoms in total. The van der Waals surface area contributed by atoms with E-state index in [0.29, 0.717) is 22.9 Å². The van der Waals surface area contributed by atoms with Crippen molar-refractivity contribution in [3.05, 3.63) is 27.9 Å². The molecule has 27 heavy (non-hydrogen) atoms. The number of anilines is 2. The van der Waals surface area contributed by atoms with Gasteiger partial charge in [0, 0.05) is 20.6 Å². The van der Waals surface area contributed by atoms with E-state index in [9.17, 15) is 5.26 Å². The first-order valence-electron chi connectivity index (χ1n) is 8.84. The van der Waals surface area contributed by atoms with E-state index in [-0.39, 0.29) is 5.41 Å². The quantitative estimate of drug-likeness (QED) is 0.761. The second kappa shape index (κ2) is 7.06. The fourth-order valence-corrected chi connectivity index (χ4v) is 3.53. The molecule has 2 aromatic rings. The molecule has 144 valence electrons. The van der Waals surface area contributed by atoms with Gasteiger partial charge >= 0.3 is 0 Å². The van der Waals surface area contributed by atoms with Crippen molar-refractivity contribution >= 4 is 27.3 Å². The van der Waals surface area contributed by atoms with Crippen molar-refractivity contribution in [1.82, 2.24) is 14.9 Å². The van der Waals surface area contributed by atoms with Gasteiger partial charge in [-0.3, -0.25) is 10.4 Å². The largest absolute Gasteiger partial charge is 0.437 e. The summed E-state index contributed by atoms with van der Waals surface area (Å²) in [6, 6.07) is 6.11. The second-order valence-electron chi connectivity index (χ2n) is 7.94. The molecule has 1 aliphatic heterocycles. The standard InChI is InChI=1S/C19H25BrN6O/c1-12-13(11-21)18(24(5)22-12)27-15-8-7-14-17(16(15)20)23-25(6)26(14)10-9-19(2,3)4/h7-8,23H,9-10H2,1-6H3. The normalized spacial score (nSPS) is 14.1. The maximum absolute atomic E-state index is 9.39. The number of hydrogen-bond donors (Lipinski definition) is 1. The van der Waals surface area contributed by atoms with Gasteiger partial charge in [0.2, 0.25) is 5.88 Å². The average molecular weight is 433 g/mol. The van der Waals surface area contributed by atoms with Gasteiger partial charge in [-0.1, -0.05) is 20.8 Å². The van der Waals surface area contributed by atoms with Crippen LogP contribution < -0.4 is 15.2 Å². The third-order valence-corrected chi connectivity index (χ3v) is 5.35. The van der Waals surface area contributed by atoms with Gasteiger partial charge in [-0.25, -0.2) is 4.68 Å². The van der Waals surface area contributed by atoms with Crippen molar-refractivity contribution < 1.29 is 4.74 Å². The Morgan fingerprint density at radius 2 is 2.00 bits per heavy atom. The maximum atomic E-state index is 9.39. The van der Waals surface area contributed by atoms with Crippen molar-refractivity contribution in [2.75, 3.05) is 24.0 Å². The van der Waals surface area contributed by atoms with Crippen molar-refractivity contribution in [3.63, 3.8) is 0 Å². The van der Waals surface area contributed by atoms with Crippen molar-refractivity contribution in [3.8, 4) is 17.7 Å². The van der Waals surface area contributed by atoms with Gasteiger partial charge in [0.1, 0.15) is 17.4 Å².